The van der Waals surface area contributed by atoms with E-state index < -0.39 is 0 Å². The maximum atomic E-state index is 2.46. The summed E-state index contributed by atoms with van der Waals surface area (Å²) >= 11 is 0. The minimum atomic E-state index is 0.279. The third-order valence-corrected chi connectivity index (χ3v) is 3.40. The first-order valence-electron chi connectivity index (χ1n) is 5.00. The van der Waals surface area contributed by atoms with E-state index in [0.717, 1.165) is 0 Å². The molecule has 0 aliphatic carbocycles. The van der Waals surface area contributed by atoms with Crippen molar-refractivity contribution in [3.63, 3.8) is 0 Å². The Bertz CT molecular complexity index is 280. The zero-order valence-corrected chi connectivity index (χ0v) is 8.46. The highest BCUT2D eigenvalue weighted by molar-refractivity contribution is 5.24. The van der Waals surface area contributed by atoms with E-state index in [9.17, 15) is 0 Å². The lowest BCUT2D eigenvalue weighted by atomic mass is 9.90. The topological polar surface area (TPSA) is 3.24 Å². The van der Waals surface area contributed by atoms with Crippen molar-refractivity contribution < 1.29 is 0 Å². The van der Waals surface area contributed by atoms with E-state index in [1.165, 1.54) is 24.9 Å². The van der Waals surface area contributed by atoms with Crippen molar-refractivity contribution in [2.75, 3.05) is 13.6 Å². The average Bonchev–Trinajstić information content (AvgIpc) is 2.50. The van der Waals surface area contributed by atoms with Crippen molar-refractivity contribution in [3.05, 3.63) is 35.9 Å². The van der Waals surface area contributed by atoms with Gasteiger partial charge < -0.3 is 0 Å². The van der Waals surface area contributed by atoms with Gasteiger partial charge in [-0.2, -0.15) is 0 Å². The molecule has 2 rings (SSSR count). The molecule has 0 bridgehead atoms. The summed E-state index contributed by atoms with van der Waals surface area (Å²) in [6.45, 7) is 3.57. The van der Waals surface area contributed by atoms with Crippen LogP contribution in [0.3, 0.4) is 0 Å². The number of hydrogen-bond donors (Lipinski definition) is 0. The van der Waals surface area contributed by atoms with Gasteiger partial charge in [0.2, 0.25) is 0 Å². The standard InChI is InChI=1S/C12H17N/c1-12(9-6-10-13(12)2)11-7-4-3-5-8-11/h3-5,7-8H,6,9-10H2,1-2H3. The van der Waals surface area contributed by atoms with Crippen molar-refractivity contribution in [2.45, 2.75) is 25.3 Å². The Morgan fingerprint density at radius 1 is 1.23 bits per heavy atom. The maximum absolute atomic E-state index is 2.46. The number of rotatable bonds is 1. The van der Waals surface area contributed by atoms with Gasteiger partial charge in [-0.25, -0.2) is 0 Å². The molecule has 0 N–H and O–H groups in total. The van der Waals surface area contributed by atoms with Crippen molar-refractivity contribution in [2.24, 2.45) is 0 Å². The van der Waals surface area contributed by atoms with Crippen LogP contribution in [0, 0.1) is 0 Å². The molecule has 1 nitrogen and oxygen atoms in total. The van der Waals surface area contributed by atoms with Crippen molar-refractivity contribution in [1.29, 1.82) is 0 Å². The SMILES string of the molecule is CN1CCCC1(C)c1ccccc1. The van der Waals surface area contributed by atoms with Crippen LogP contribution in [0.5, 0.6) is 0 Å². The van der Waals surface area contributed by atoms with E-state index in [1.807, 2.05) is 0 Å². The minimum absolute atomic E-state index is 0.279. The van der Waals surface area contributed by atoms with Gasteiger partial charge in [0.25, 0.3) is 0 Å². The highest BCUT2D eigenvalue weighted by Crippen LogP contribution is 2.36. The lowest BCUT2D eigenvalue weighted by molar-refractivity contribution is 0.197. The molecule has 1 aliphatic heterocycles. The van der Waals surface area contributed by atoms with Crippen LogP contribution in [0.25, 0.3) is 0 Å². The van der Waals surface area contributed by atoms with E-state index >= 15 is 0 Å². The number of benzene rings is 1. The van der Waals surface area contributed by atoms with Crippen LogP contribution in [0.4, 0.5) is 0 Å². The molecule has 1 unspecified atom stereocenters. The van der Waals surface area contributed by atoms with Gasteiger partial charge in [0.15, 0.2) is 0 Å². The molecule has 70 valence electrons. The minimum Gasteiger partial charge on any atom is -0.297 e. The molecular weight excluding hydrogens is 158 g/mol. The van der Waals surface area contributed by atoms with Crippen LogP contribution in [-0.2, 0) is 5.54 Å². The van der Waals surface area contributed by atoms with Crippen LogP contribution in [0.1, 0.15) is 25.3 Å². The second-order valence-corrected chi connectivity index (χ2v) is 4.16. The van der Waals surface area contributed by atoms with Gasteiger partial charge in [0.1, 0.15) is 0 Å². The first-order valence-corrected chi connectivity index (χ1v) is 5.00. The highest BCUT2D eigenvalue weighted by Gasteiger charge is 2.34. The van der Waals surface area contributed by atoms with Crippen molar-refractivity contribution in [3.8, 4) is 0 Å². The molecule has 1 heteroatoms. The van der Waals surface area contributed by atoms with E-state index in [-0.39, 0.29) is 5.54 Å². The number of likely N-dealkylation sites (tertiary alicyclic amines) is 1. The normalized spacial score (nSPS) is 29.4. The summed E-state index contributed by atoms with van der Waals surface area (Å²) in [5.74, 6) is 0. The number of hydrogen-bond acceptors (Lipinski definition) is 1. The van der Waals surface area contributed by atoms with Gasteiger partial charge in [0.05, 0.1) is 0 Å². The van der Waals surface area contributed by atoms with Gasteiger partial charge in [-0.15, -0.1) is 0 Å². The Labute approximate surface area is 80.4 Å². The van der Waals surface area contributed by atoms with Crippen molar-refractivity contribution >= 4 is 0 Å². The fourth-order valence-corrected chi connectivity index (χ4v) is 2.26. The zero-order valence-electron chi connectivity index (χ0n) is 8.46. The van der Waals surface area contributed by atoms with Crippen molar-refractivity contribution in [1.82, 2.24) is 4.90 Å². The third-order valence-electron chi connectivity index (χ3n) is 3.40. The third kappa shape index (κ3) is 1.37. The molecule has 1 fully saturated rings. The molecule has 0 aromatic heterocycles. The Morgan fingerprint density at radius 3 is 2.46 bits per heavy atom. The molecule has 0 amide bonds. The Balaban J connectivity index is 2.34. The number of nitrogens with zero attached hydrogens (tertiary/aromatic N) is 1. The summed E-state index contributed by atoms with van der Waals surface area (Å²) in [5, 5.41) is 0. The van der Waals surface area contributed by atoms with Crippen LogP contribution in [0.15, 0.2) is 30.3 Å². The molecule has 1 atom stereocenters. The predicted octanol–water partition coefficient (Wildman–Crippen LogP) is 2.63. The maximum Gasteiger partial charge on any atom is 0.0429 e. The fraction of sp³-hybridized carbons (Fsp3) is 0.500. The van der Waals surface area contributed by atoms with E-state index in [2.05, 4.69) is 49.2 Å². The molecule has 0 spiro atoms. The lowest BCUT2D eigenvalue weighted by Crippen LogP contribution is -2.35. The molecule has 1 aliphatic rings. The smallest absolute Gasteiger partial charge is 0.0429 e. The van der Waals surface area contributed by atoms with Gasteiger partial charge >= 0.3 is 0 Å². The molecule has 1 aromatic carbocycles. The quantitative estimate of drug-likeness (QED) is 0.634. The highest BCUT2D eigenvalue weighted by atomic mass is 15.2. The zero-order chi connectivity index (χ0) is 9.31. The summed E-state index contributed by atoms with van der Waals surface area (Å²) in [7, 11) is 2.22. The summed E-state index contributed by atoms with van der Waals surface area (Å²) in [4.78, 5) is 2.46. The largest absolute Gasteiger partial charge is 0.297 e. The summed E-state index contributed by atoms with van der Waals surface area (Å²) < 4.78 is 0. The first-order chi connectivity index (χ1) is 6.23. The monoisotopic (exact) mass is 175 g/mol. The summed E-state index contributed by atoms with van der Waals surface area (Å²) in [5.41, 5.74) is 1.73. The molecule has 1 aromatic rings. The van der Waals surface area contributed by atoms with Gasteiger partial charge in [-0.05, 0) is 38.9 Å². The Morgan fingerprint density at radius 2 is 1.92 bits per heavy atom. The van der Waals surface area contributed by atoms with Crippen LogP contribution in [-0.4, -0.2) is 18.5 Å². The second-order valence-electron chi connectivity index (χ2n) is 4.16. The van der Waals surface area contributed by atoms with Gasteiger partial charge in [-0.1, -0.05) is 30.3 Å². The first kappa shape index (κ1) is 8.76. The Kier molecular flexibility index (Phi) is 2.12. The lowest BCUT2D eigenvalue weighted by Gasteiger charge is -2.32. The summed E-state index contributed by atoms with van der Waals surface area (Å²) in [6, 6.07) is 10.8. The predicted molar refractivity (Wildman–Crippen MR) is 55.7 cm³/mol. The van der Waals surface area contributed by atoms with Crippen LogP contribution in [0.2, 0.25) is 0 Å². The molecular formula is C12H17N. The average molecular weight is 175 g/mol. The van der Waals surface area contributed by atoms with Gasteiger partial charge in [0, 0.05) is 5.54 Å². The second kappa shape index (κ2) is 3.15. The molecule has 13 heavy (non-hydrogen) atoms. The van der Waals surface area contributed by atoms with E-state index in [0.29, 0.717) is 0 Å². The van der Waals surface area contributed by atoms with E-state index in [4.69, 9.17) is 0 Å². The molecule has 0 radical (unpaired) electrons. The summed E-state index contributed by atoms with van der Waals surface area (Å²) in [6.07, 6.45) is 2.61. The van der Waals surface area contributed by atoms with Gasteiger partial charge in [-0.3, -0.25) is 4.90 Å². The van der Waals surface area contributed by atoms with Crippen LogP contribution >= 0.6 is 0 Å². The molecule has 1 heterocycles. The molecule has 0 saturated carbocycles. The van der Waals surface area contributed by atoms with Crippen LogP contribution < -0.4 is 0 Å². The van der Waals surface area contributed by atoms with E-state index in [1.54, 1.807) is 0 Å². The molecule has 1 saturated heterocycles. The Hall–Kier alpha value is -0.820. The fourth-order valence-electron chi connectivity index (χ4n) is 2.26.